The first-order valence-electron chi connectivity index (χ1n) is 6.25. The van der Waals surface area contributed by atoms with E-state index in [0.29, 0.717) is 12.1 Å². The molecule has 1 aromatic carbocycles. The standard InChI is InChI=1S/C14H21NO3/c1-15(9-3-2-4-10-16)14(18)13-7-5-12(11-17)6-8-13/h5-8,16-17H,2-4,9-11H2,1H3. The van der Waals surface area contributed by atoms with Crippen LogP contribution in [0.15, 0.2) is 24.3 Å². The van der Waals surface area contributed by atoms with Crippen molar-refractivity contribution in [3.63, 3.8) is 0 Å². The number of carbonyl (C=O) groups excluding carboxylic acids is 1. The minimum atomic E-state index is -0.0107. The smallest absolute Gasteiger partial charge is 0.253 e. The van der Waals surface area contributed by atoms with Crippen LogP contribution < -0.4 is 0 Å². The molecular weight excluding hydrogens is 230 g/mol. The molecule has 1 amide bonds. The zero-order valence-corrected chi connectivity index (χ0v) is 10.8. The molecule has 0 radical (unpaired) electrons. The molecule has 0 bridgehead atoms. The van der Waals surface area contributed by atoms with Gasteiger partial charge in [0.1, 0.15) is 0 Å². The molecule has 1 rings (SSSR count). The molecule has 0 aliphatic rings. The molecule has 2 N–H and O–H groups in total. The van der Waals surface area contributed by atoms with E-state index in [1.807, 2.05) is 0 Å². The van der Waals surface area contributed by atoms with Crippen LogP contribution in [0, 0.1) is 0 Å². The van der Waals surface area contributed by atoms with Gasteiger partial charge in [0.05, 0.1) is 6.61 Å². The van der Waals surface area contributed by atoms with Gasteiger partial charge in [0, 0.05) is 25.8 Å². The van der Waals surface area contributed by atoms with Crippen molar-refractivity contribution in [2.45, 2.75) is 25.9 Å². The number of hydrogen-bond acceptors (Lipinski definition) is 3. The van der Waals surface area contributed by atoms with Gasteiger partial charge in [-0.25, -0.2) is 0 Å². The van der Waals surface area contributed by atoms with Crippen molar-refractivity contribution >= 4 is 5.91 Å². The average Bonchev–Trinajstić information content (AvgIpc) is 2.42. The SMILES string of the molecule is CN(CCCCCO)C(=O)c1ccc(CO)cc1. The van der Waals surface area contributed by atoms with E-state index >= 15 is 0 Å². The summed E-state index contributed by atoms with van der Waals surface area (Å²) in [6, 6.07) is 6.98. The normalized spacial score (nSPS) is 10.4. The second-order valence-corrected chi connectivity index (χ2v) is 4.37. The van der Waals surface area contributed by atoms with Gasteiger partial charge < -0.3 is 15.1 Å². The van der Waals surface area contributed by atoms with Crippen LogP contribution in [0.1, 0.15) is 35.2 Å². The molecule has 4 heteroatoms. The Kier molecular flexibility index (Phi) is 6.39. The highest BCUT2D eigenvalue weighted by atomic mass is 16.3. The third-order valence-corrected chi connectivity index (χ3v) is 2.88. The Bertz CT molecular complexity index is 362. The largest absolute Gasteiger partial charge is 0.396 e. The topological polar surface area (TPSA) is 60.8 Å². The number of nitrogens with zero attached hydrogens (tertiary/aromatic N) is 1. The summed E-state index contributed by atoms with van der Waals surface area (Å²) in [5, 5.41) is 17.6. The zero-order chi connectivity index (χ0) is 13.4. The first kappa shape index (κ1) is 14.7. The fourth-order valence-corrected chi connectivity index (χ4v) is 1.71. The summed E-state index contributed by atoms with van der Waals surface area (Å²) >= 11 is 0. The average molecular weight is 251 g/mol. The fraction of sp³-hybridized carbons (Fsp3) is 0.500. The summed E-state index contributed by atoms with van der Waals surface area (Å²) in [5.41, 5.74) is 1.44. The number of benzene rings is 1. The Morgan fingerprint density at radius 2 is 1.78 bits per heavy atom. The predicted octanol–water partition coefficient (Wildman–Crippen LogP) is 1.41. The van der Waals surface area contributed by atoms with Crippen molar-refractivity contribution in [1.29, 1.82) is 0 Å². The van der Waals surface area contributed by atoms with E-state index in [1.165, 1.54) is 0 Å². The fourth-order valence-electron chi connectivity index (χ4n) is 1.71. The van der Waals surface area contributed by atoms with Crippen LogP contribution in [0.2, 0.25) is 0 Å². The molecule has 0 unspecified atom stereocenters. The molecule has 0 heterocycles. The Morgan fingerprint density at radius 1 is 1.11 bits per heavy atom. The summed E-state index contributed by atoms with van der Waals surface area (Å²) in [5.74, 6) is -0.0107. The molecule has 0 aliphatic carbocycles. The van der Waals surface area contributed by atoms with E-state index in [2.05, 4.69) is 0 Å². The highest BCUT2D eigenvalue weighted by molar-refractivity contribution is 5.94. The van der Waals surface area contributed by atoms with Gasteiger partial charge in [-0.3, -0.25) is 4.79 Å². The predicted molar refractivity (Wildman–Crippen MR) is 70.3 cm³/mol. The number of hydrogen-bond donors (Lipinski definition) is 2. The van der Waals surface area contributed by atoms with Gasteiger partial charge in [0.25, 0.3) is 5.91 Å². The summed E-state index contributed by atoms with van der Waals surface area (Å²) in [6.07, 6.45) is 2.61. The molecule has 0 aromatic heterocycles. The Hall–Kier alpha value is -1.39. The number of rotatable bonds is 7. The first-order valence-corrected chi connectivity index (χ1v) is 6.25. The lowest BCUT2D eigenvalue weighted by molar-refractivity contribution is 0.0792. The van der Waals surface area contributed by atoms with Gasteiger partial charge in [0.15, 0.2) is 0 Å². The summed E-state index contributed by atoms with van der Waals surface area (Å²) in [4.78, 5) is 13.7. The molecular formula is C14H21NO3. The van der Waals surface area contributed by atoms with Crippen LogP contribution in [0.25, 0.3) is 0 Å². The summed E-state index contributed by atoms with van der Waals surface area (Å²) < 4.78 is 0. The van der Waals surface area contributed by atoms with Crippen molar-refractivity contribution in [1.82, 2.24) is 4.90 Å². The lowest BCUT2D eigenvalue weighted by Gasteiger charge is -2.17. The highest BCUT2D eigenvalue weighted by Gasteiger charge is 2.10. The monoisotopic (exact) mass is 251 g/mol. The maximum atomic E-state index is 12.0. The van der Waals surface area contributed by atoms with Crippen LogP contribution in [0.3, 0.4) is 0 Å². The van der Waals surface area contributed by atoms with E-state index in [4.69, 9.17) is 10.2 Å². The van der Waals surface area contributed by atoms with Gasteiger partial charge in [-0.2, -0.15) is 0 Å². The van der Waals surface area contributed by atoms with Crippen LogP contribution >= 0.6 is 0 Å². The molecule has 0 saturated heterocycles. The summed E-state index contributed by atoms with van der Waals surface area (Å²) in [6.45, 7) is 0.895. The van der Waals surface area contributed by atoms with Gasteiger partial charge in [-0.05, 0) is 37.0 Å². The van der Waals surface area contributed by atoms with Crippen molar-refractivity contribution in [3.8, 4) is 0 Å². The minimum Gasteiger partial charge on any atom is -0.396 e. The lowest BCUT2D eigenvalue weighted by Crippen LogP contribution is -2.27. The van der Waals surface area contributed by atoms with Gasteiger partial charge >= 0.3 is 0 Å². The second kappa shape index (κ2) is 7.84. The van der Waals surface area contributed by atoms with E-state index in [-0.39, 0.29) is 19.1 Å². The number of carbonyl (C=O) groups is 1. The van der Waals surface area contributed by atoms with Gasteiger partial charge in [0.2, 0.25) is 0 Å². The van der Waals surface area contributed by atoms with Crippen LogP contribution in [-0.4, -0.2) is 41.2 Å². The first-order chi connectivity index (χ1) is 8.69. The van der Waals surface area contributed by atoms with Crippen molar-refractivity contribution < 1.29 is 15.0 Å². The third kappa shape index (κ3) is 4.47. The lowest BCUT2D eigenvalue weighted by atomic mass is 10.1. The molecule has 0 atom stereocenters. The highest BCUT2D eigenvalue weighted by Crippen LogP contribution is 2.08. The number of aliphatic hydroxyl groups excluding tert-OH is 2. The maximum absolute atomic E-state index is 12.0. The van der Waals surface area contributed by atoms with Gasteiger partial charge in [-0.1, -0.05) is 12.1 Å². The van der Waals surface area contributed by atoms with Crippen LogP contribution in [0.5, 0.6) is 0 Å². The van der Waals surface area contributed by atoms with Crippen LogP contribution in [0.4, 0.5) is 0 Å². The van der Waals surface area contributed by atoms with Gasteiger partial charge in [-0.15, -0.1) is 0 Å². The summed E-state index contributed by atoms with van der Waals surface area (Å²) in [7, 11) is 1.78. The minimum absolute atomic E-state index is 0.00846. The number of unbranched alkanes of at least 4 members (excludes halogenated alkanes) is 2. The molecule has 0 saturated carbocycles. The van der Waals surface area contributed by atoms with E-state index in [9.17, 15) is 4.79 Å². The van der Waals surface area contributed by atoms with E-state index in [0.717, 1.165) is 24.8 Å². The molecule has 0 aliphatic heterocycles. The Labute approximate surface area is 108 Å². The molecule has 100 valence electrons. The van der Waals surface area contributed by atoms with Crippen molar-refractivity contribution in [2.75, 3.05) is 20.2 Å². The molecule has 18 heavy (non-hydrogen) atoms. The molecule has 1 aromatic rings. The van der Waals surface area contributed by atoms with E-state index in [1.54, 1.807) is 36.2 Å². The third-order valence-electron chi connectivity index (χ3n) is 2.88. The second-order valence-electron chi connectivity index (χ2n) is 4.37. The molecule has 0 spiro atoms. The zero-order valence-electron chi connectivity index (χ0n) is 10.8. The molecule has 0 fully saturated rings. The molecule has 4 nitrogen and oxygen atoms in total. The van der Waals surface area contributed by atoms with Crippen LogP contribution in [-0.2, 0) is 6.61 Å². The van der Waals surface area contributed by atoms with Crippen molar-refractivity contribution in [2.24, 2.45) is 0 Å². The van der Waals surface area contributed by atoms with E-state index < -0.39 is 0 Å². The number of amides is 1. The number of aliphatic hydroxyl groups is 2. The van der Waals surface area contributed by atoms with Crippen molar-refractivity contribution in [3.05, 3.63) is 35.4 Å². The Balaban J connectivity index is 2.46. The quantitative estimate of drug-likeness (QED) is 0.720. The Morgan fingerprint density at radius 3 is 2.33 bits per heavy atom. The maximum Gasteiger partial charge on any atom is 0.253 e.